The number of nitrogens with zero attached hydrogens (tertiary/aromatic N) is 4. The molecular formula is C21H36N6O3. The summed E-state index contributed by atoms with van der Waals surface area (Å²) in [5.41, 5.74) is -0.543. The van der Waals surface area contributed by atoms with Crippen molar-refractivity contribution in [3.63, 3.8) is 0 Å². The zero-order chi connectivity index (χ0) is 21.7. The molecule has 2 amide bonds. The van der Waals surface area contributed by atoms with Crippen molar-refractivity contribution in [2.45, 2.75) is 90.4 Å². The van der Waals surface area contributed by atoms with Gasteiger partial charge in [0.2, 0.25) is 5.91 Å². The Morgan fingerprint density at radius 1 is 1.13 bits per heavy atom. The second-order valence-corrected chi connectivity index (χ2v) is 9.37. The molecule has 2 aliphatic rings. The lowest BCUT2D eigenvalue weighted by Crippen LogP contribution is -2.47. The molecule has 0 bridgehead atoms. The topological polar surface area (TPSA) is 101 Å². The number of hydrogen-bond donors (Lipinski definition) is 2. The fourth-order valence-electron chi connectivity index (χ4n) is 3.92. The van der Waals surface area contributed by atoms with Crippen LogP contribution in [0.5, 0.6) is 0 Å². The highest BCUT2D eigenvalue weighted by Gasteiger charge is 2.30. The lowest BCUT2D eigenvalue weighted by molar-refractivity contribution is -0.121. The van der Waals surface area contributed by atoms with Crippen LogP contribution in [0.25, 0.3) is 0 Å². The van der Waals surface area contributed by atoms with Gasteiger partial charge >= 0.3 is 6.09 Å². The van der Waals surface area contributed by atoms with E-state index in [0.717, 1.165) is 31.2 Å². The van der Waals surface area contributed by atoms with Crippen LogP contribution >= 0.6 is 0 Å². The zero-order valence-electron chi connectivity index (χ0n) is 18.7. The third kappa shape index (κ3) is 6.68. The smallest absolute Gasteiger partial charge is 0.407 e. The van der Waals surface area contributed by atoms with Crippen LogP contribution in [0.4, 0.5) is 4.79 Å². The van der Waals surface area contributed by atoms with Crippen LogP contribution in [-0.2, 0) is 16.1 Å². The number of aryl methyl sites for hydroxylation is 1. The molecule has 3 rings (SSSR count). The summed E-state index contributed by atoms with van der Waals surface area (Å²) < 4.78 is 7.46. The van der Waals surface area contributed by atoms with Gasteiger partial charge < -0.3 is 19.9 Å². The van der Waals surface area contributed by atoms with Crippen LogP contribution < -0.4 is 10.6 Å². The molecular weight excluding hydrogens is 384 g/mol. The molecule has 1 unspecified atom stereocenters. The quantitative estimate of drug-likeness (QED) is 0.669. The Kier molecular flexibility index (Phi) is 7.33. The van der Waals surface area contributed by atoms with Crippen LogP contribution in [0, 0.1) is 6.92 Å². The maximum atomic E-state index is 12.2. The third-order valence-corrected chi connectivity index (χ3v) is 5.50. The van der Waals surface area contributed by atoms with E-state index in [4.69, 9.17) is 4.74 Å². The first-order chi connectivity index (χ1) is 14.2. The van der Waals surface area contributed by atoms with Gasteiger partial charge in [-0.1, -0.05) is 6.42 Å². The molecule has 1 saturated heterocycles. The second-order valence-electron chi connectivity index (χ2n) is 9.37. The van der Waals surface area contributed by atoms with E-state index < -0.39 is 11.7 Å². The number of alkyl carbamates (subject to hydrolysis) is 1. The number of amides is 2. The molecule has 30 heavy (non-hydrogen) atoms. The van der Waals surface area contributed by atoms with Crippen molar-refractivity contribution in [3.8, 4) is 0 Å². The summed E-state index contributed by atoms with van der Waals surface area (Å²) in [5, 5.41) is 14.4. The minimum absolute atomic E-state index is 0.0615. The monoisotopic (exact) mass is 420 g/mol. The Bertz CT molecular complexity index is 738. The van der Waals surface area contributed by atoms with Gasteiger partial charge in [-0.25, -0.2) is 4.79 Å². The van der Waals surface area contributed by atoms with E-state index in [2.05, 4.69) is 30.3 Å². The van der Waals surface area contributed by atoms with E-state index in [9.17, 15) is 9.59 Å². The van der Waals surface area contributed by atoms with Crippen LogP contribution in [0.15, 0.2) is 0 Å². The number of hydrogen-bond acceptors (Lipinski definition) is 6. The highest BCUT2D eigenvalue weighted by atomic mass is 16.6. The fourth-order valence-corrected chi connectivity index (χ4v) is 3.92. The van der Waals surface area contributed by atoms with Crippen molar-refractivity contribution in [2.24, 2.45) is 0 Å². The van der Waals surface area contributed by atoms with Crippen molar-refractivity contribution in [3.05, 3.63) is 11.6 Å². The number of aromatic nitrogens is 3. The van der Waals surface area contributed by atoms with Crippen molar-refractivity contribution in [1.29, 1.82) is 0 Å². The molecule has 2 N–H and O–H groups in total. The second kappa shape index (κ2) is 9.76. The van der Waals surface area contributed by atoms with E-state index in [1.807, 2.05) is 27.7 Å². The van der Waals surface area contributed by atoms with Gasteiger partial charge in [0.05, 0.1) is 6.54 Å². The van der Waals surface area contributed by atoms with Crippen molar-refractivity contribution in [1.82, 2.24) is 30.3 Å². The molecule has 9 nitrogen and oxygen atoms in total. The Balaban J connectivity index is 1.43. The maximum Gasteiger partial charge on any atom is 0.407 e. The van der Waals surface area contributed by atoms with Gasteiger partial charge in [-0.2, -0.15) is 0 Å². The predicted molar refractivity (Wildman–Crippen MR) is 113 cm³/mol. The Morgan fingerprint density at radius 3 is 2.60 bits per heavy atom. The summed E-state index contributed by atoms with van der Waals surface area (Å²) >= 11 is 0. The van der Waals surface area contributed by atoms with Crippen LogP contribution in [0.3, 0.4) is 0 Å². The summed E-state index contributed by atoms with van der Waals surface area (Å²) in [6, 6.07) is 0.863. The van der Waals surface area contributed by atoms with Crippen LogP contribution in [0.2, 0.25) is 0 Å². The molecule has 1 atom stereocenters. The third-order valence-electron chi connectivity index (χ3n) is 5.50. The maximum absolute atomic E-state index is 12.2. The molecule has 168 valence electrons. The number of carbonyl (C=O) groups excluding carboxylic acids is 2. The average Bonchev–Trinajstić information content (AvgIpc) is 3.43. The van der Waals surface area contributed by atoms with Gasteiger partial charge in [0.1, 0.15) is 17.2 Å². The minimum Gasteiger partial charge on any atom is -0.444 e. The first kappa shape index (κ1) is 22.5. The number of nitrogens with one attached hydrogen (secondary N) is 2. The molecule has 0 aromatic carbocycles. The molecule has 0 spiro atoms. The first-order valence-electron chi connectivity index (χ1n) is 11.1. The summed E-state index contributed by atoms with van der Waals surface area (Å²) in [6.45, 7) is 10.1. The largest absolute Gasteiger partial charge is 0.444 e. The highest BCUT2D eigenvalue weighted by Crippen LogP contribution is 2.36. The number of rotatable bonds is 8. The van der Waals surface area contributed by atoms with Gasteiger partial charge in [-0.3, -0.25) is 9.69 Å². The van der Waals surface area contributed by atoms with E-state index in [1.165, 1.54) is 25.7 Å². The average molecular weight is 421 g/mol. The number of ether oxygens (including phenoxy) is 1. The molecule has 1 aromatic rings. The van der Waals surface area contributed by atoms with Gasteiger partial charge in [-0.05, 0) is 59.9 Å². The van der Waals surface area contributed by atoms with E-state index in [-0.39, 0.29) is 18.9 Å². The fraction of sp³-hybridized carbons (Fsp3) is 0.810. The summed E-state index contributed by atoms with van der Waals surface area (Å²) in [6.07, 6.45) is 5.56. The summed E-state index contributed by atoms with van der Waals surface area (Å²) in [5.74, 6) is 1.97. The number of likely N-dealkylation sites (tertiary alicyclic amines) is 1. The van der Waals surface area contributed by atoms with Crippen LogP contribution in [0.1, 0.15) is 77.0 Å². The predicted octanol–water partition coefficient (Wildman–Crippen LogP) is 2.31. The molecule has 2 heterocycles. The number of carbonyl (C=O) groups is 2. The zero-order valence-corrected chi connectivity index (χ0v) is 18.7. The van der Waals surface area contributed by atoms with Gasteiger partial charge in [0.25, 0.3) is 0 Å². The molecule has 1 aromatic heterocycles. The molecule has 9 heteroatoms. The Labute approximate surface area is 178 Å². The normalized spacial score (nSPS) is 20.1. The van der Waals surface area contributed by atoms with Gasteiger partial charge in [0.15, 0.2) is 0 Å². The van der Waals surface area contributed by atoms with Crippen LogP contribution in [-0.4, -0.2) is 62.9 Å². The molecule has 0 radical (unpaired) electrons. The van der Waals surface area contributed by atoms with Gasteiger partial charge in [0, 0.05) is 31.6 Å². The van der Waals surface area contributed by atoms with E-state index >= 15 is 0 Å². The Hall–Kier alpha value is -2.16. The van der Waals surface area contributed by atoms with Gasteiger partial charge in [-0.15, -0.1) is 10.2 Å². The molecule has 2 fully saturated rings. The van der Waals surface area contributed by atoms with Crippen molar-refractivity contribution >= 4 is 12.0 Å². The van der Waals surface area contributed by atoms with Crippen molar-refractivity contribution in [2.75, 3.05) is 19.6 Å². The molecule has 1 saturated carbocycles. The summed E-state index contributed by atoms with van der Waals surface area (Å²) in [7, 11) is 0. The molecule has 1 aliphatic heterocycles. The van der Waals surface area contributed by atoms with E-state index in [0.29, 0.717) is 18.6 Å². The first-order valence-corrected chi connectivity index (χ1v) is 11.1. The minimum atomic E-state index is -0.543. The number of piperidine rings is 1. The Morgan fingerprint density at radius 2 is 1.90 bits per heavy atom. The lowest BCUT2D eigenvalue weighted by Gasteiger charge is -2.35. The lowest BCUT2D eigenvalue weighted by atomic mass is 10.0. The van der Waals surface area contributed by atoms with E-state index in [1.54, 1.807) is 0 Å². The molecule has 1 aliphatic carbocycles. The SMILES string of the molecule is Cc1nnc(CN2CCCCC2CNC(=O)CCNC(=O)OC(C)(C)C)n1C1CC1. The van der Waals surface area contributed by atoms with Crippen molar-refractivity contribution < 1.29 is 14.3 Å². The summed E-state index contributed by atoms with van der Waals surface area (Å²) in [4.78, 5) is 26.3. The highest BCUT2D eigenvalue weighted by molar-refractivity contribution is 5.77. The standard InChI is InChI=1S/C21H36N6O3/c1-15-24-25-18(27(15)16-8-9-16)14-26-12-6-5-7-17(26)13-23-19(28)10-11-22-20(29)30-21(2,3)4/h16-17H,5-14H2,1-4H3,(H,22,29)(H,23,28).